The zero-order valence-corrected chi connectivity index (χ0v) is 12.2. The van der Waals surface area contributed by atoms with Crippen LogP contribution in [0, 0.1) is 5.92 Å². The second-order valence-corrected chi connectivity index (χ2v) is 7.87. The van der Waals surface area contributed by atoms with E-state index >= 15 is 0 Å². The van der Waals surface area contributed by atoms with Crippen LogP contribution in [0.5, 0.6) is 0 Å². The van der Waals surface area contributed by atoms with Gasteiger partial charge in [0.2, 0.25) is 5.91 Å². The molecule has 6 heteroatoms. The van der Waals surface area contributed by atoms with Gasteiger partial charge in [-0.15, -0.1) is 0 Å². The van der Waals surface area contributed by atoms with Crippen LogP contribution in [0.2, 0.25) is 0 Å². The average Bonchev–Trinajstić information content (AvgIpc) is 2.19. The number of nitrogens with one attached hydrogen (secondary N) is 1. The number of carbonyl (C=O) groups is 1. The lowest BCUT2D eigenvalue weighted by molar-refractivity contribution is -0.119. The van der Waals surface area contributed by atoms with Gasteiger partial charge in [0.15, 0.2) is 9.84 Å². The summed E-state index contributed by atoms with van der Waals surface area (Å²) in [5.74, 6) is -0.524. The Labute approximate surface area is 109 Å². The first-order valence-electron chi connectivity index (χ1n) is 6.49. The van der Waals surface area contributed by atoms with Gasteiger partial charge in [-0.3, -0.25) is 4.79 Å². The Morgan fingerprint density at radius 1 is 1.39 bits per heavy atom. The molecular weight excluding hydrogens is 252 g/mol. The largest absolute Gasteiger partial charge is 0.353 e. The third-order valence-corrected chi connectivity index (χ3v) is 5.48. The van der Waals surface area contributed by atoms with Gasteiger partial charge >= 0.3 is 0 Å². The quantitative estimate of drug-likeness (QED) is 0.780. The van der Waals surface area contributed by atoms with E-state index in [1.165, 1.54) is 0 Å². The summed E-state index contributed by atoms with van der Waals surface area (Å²) in [5, 5.41) is 2.03. The monoisotopic (exact) mass is 276 g/mol. The molecule has 3 atom stereocenters. The summed E-state index contributed by atoms with van der Waals surface area (Å²) >= 11 is 0. The molecular formula is C12H24N2O3S. The molecule has 0 bridgehead atoms. The minimum atomic E-state index is -3.45. The summed E-state index contributed by atoms with van der Waals surface area (Å²) in [5.41, 5.74) is 5.89. The van der Waals surface area contributed by atoms with E-state index in [1.807, 2.05) is 6.92 Å². The number of hydrogen-bond acceptors (Lipinski definition) is 4. The van der Waals surface area contributed by atoms with Crippen LogP contribution in [-0.4, -0.2) is 37.4 Å². The zero-order chi connectivity index (χ0) is 13.9. The van der Waals surface area contributed by atoms with Gasteiger partial charge in [-0.2, -0.15) is 0 Å². The van der Waals surface area contributed by atoms with Gasteiger partial charge in [0, 0.05) is 12.1 Å². The van der Waals surface area contributed by atoms with Gasteiger partial charge in [-0.05, 0) is 39.0 Å². The molecule has 0 aromatic heterocycles. The highest BCUT2D eigenvalue weighted by molar-refractivity contribution is 7.92. The van der Waals surface area contributed by atoms with E-state index in [0.29, 0.717) is 12.3 Å². The predicted molar refractivity (Wildman–Crippen MR) is 71.8 cm³/mol. The average molecular weight is 276 g/mol. The van der Waals surface area contributed by atoms with Crippen LogP contribution >= 0.6 is 0 Å². The first-order chi connectivity index (χ1) is 8.22. The van der Waals surface area contributed by atoms with Crippen molar-refractivity contribution in [3.63, 3.8) is 0 Å². The predicted octanol–water partition coefficient (Wildman–Crippen LogP) is 0.442. The maximum absolute atomic E-state index is 12.2. The molecule has 3 N–H and O–H groups in total. The van der Waals surface area contributed by atoms with E-state index in [9.17, 15) is 13.2 Å². The maximum atomic E-state index is 12.2. The van der Waals surface area contributed by atoms with Crippen LogP contribution in [-0.2, 0) is 14.6 Å². The number of carbonyl (C=O) groups excluding carboxylic acids is 1. The van der Waals surface area contributed by atoms with E-state index in [1.54, 1.807) is 13.8 Å². The number of amides is 1. The molecule has 1 amide bonds. The normalized spacial score (nSPS) is 29.3. The molecule has 0 radical (unpaired) electrons. The molecule has 18 heavy (non-hydrogen) atoms. The Kier molecular flexibility index (Phi) is 5.16. The summed E-state index contributed by atoms with van der Waals surface area (Å²) in [6.45, 7) is 5.64. The molecule has 0 saturated heterocycles. The Balaban J connectivity index is 2.70. The Bertz CT molecular complexity index is 392. The summed E-state index contributed by atoms with van der Waals surface area (Å²) in [4.78, 5) is 11.6. The van der Waals surface area contributed by atoms with Gasteiger partial charge in [-0.25, -0.2) is 8.42 Å². The standard InChI is InChI=1S/C12H24N2O3S/c1-8(2)14-12(15)7-18(16,17)11-6-9(3)4-5-10(11)13/h8-11H,4-7,13H2,1-3H3,(H,14,15). The first-order valence-corrected chi connectivity index (χ1v) is 8.20. The molecule has 0 aliphatic heterocycles. The molecule has 1 saturated carbocycles. The van der Waals surface area contributed by atoms with Crippen LogP contribution in [0.25, 0.3) is 0 Å². The van der Waals surface area contributed by atoms with Crippen LogP contribution in [0.3, 0.4) is 0 Å². The summed E-state index contributed by atoms with van der Waals surface area (Å²) in [6, 6.07) is -0.385. The van der Waals surface area contributed by atoms with E-state index in [4.69, 9.17) is 5.73 Å². The minimum absolute atomic E-state index is 0.0494. The third kappa shape index (κ3) is 4.24. The molecule has 1 aliphatic carbocycles. The smallest absolute Gasteiger partial charge is 0.235 e. The van der Waals surface area contributed by atoms with E-state index in [2.05, 4.69) is 5.32 Å². The van der Waals surface area contributed by atoms with Crippen molar-refractivity contribution in [1.82, 2.24) is 5.32 Å². The van der Waals surface area contributed by atoms with Gasteiger partial charge in [0.25, 0.3) is 0 Å². The lowest BCUT2D eigenvalue weighted by Gasteiger charge is -2.31. The number of sulfone groups is 1. The van der Waals surface area contributed by atoms with E-state index in [0.717, 1.165) is 12.8 Å². The van der Waals surface area contributed by atoms with Crippen molar-refractivity contribution in [2.24, 2.45) is 11.7 Å². The Morgan fingerprint density at radius 2 is 2.00 bits per heavy atom. The van der Waals surface area contributed by atoms with Crippen molar-refractivity contribution >= 4 is 15.7 Å². The van der Waals surface area contributed by atoms with Crippen molar-refractivity contribution in [1.29, 1.82) is 0 Å². The molecule has 5 nitrogen and oxygen atoms in total. The van der Waals surface area contributed by atoms with E-state index in [-0.39, 0.29) is 12.1 Å². The van der Waals surface area contributed by atoms with Gasteiger partial charge in [0.1, 0.15) is 5.75 Å². The van der Waals surface area contributed by atoms with Crippen LogP contribution in [0.1, 0.15) is 40.0 Å². The molecule has 3 unspecified atom stereocenters. The summed E-state index contributed by atoms with van der Waals surface area (Å²) in [7, 11) is -3.45. The topological polar surface area (TPSA) is 89.3 Å². The Morgan fingerprint density at radius 3 is 2.56 bits per heavy atom. The molecule has 0 heterocycles. The molecule has 0 aromatic carbocycles. The van der Waals surface area contributed by atoms with E-state index < -0.39 is 26.7 Å². The van der Waals surface area contributed by atoms with Gasteiger partial charge in [-0.1, -0.05) is 6.92 Å². The second kappa shape index (κ2) is 6.02. The number of rotatable bonds is 4. The first kappa shape index (κ1) is 15.4. The summed E-state index contributed by atoms with van der Waals surface area (Å²) in [6.07, 6.45) is 2.25. The van der Waals surface area contributed by atoms with Crippen LogP contribution in [0.4, 0.5) is 0 Å². The van der Waals surface area contributed by atoms with Crippen molar-refractivity contribution < 1.29 is 13.2 Å². The highest BCUT2D eigenvalue weighted by Crippen LogP contribution is 2.28. The zero-order valence-electron chi connectivity index (χ0n) is 11.3. The van der Waals surface area contributed by atoms with Crippen LogP contribution < -0.4 is 11.1 Å². The molecule has 106 valence electrons. The fourth-order valence-electron chi connectivity index (χ4n) is 2.42. The fourth-order valence-corrected chi connectivity index (χ4v) is 4.37. The number of hydrogen-bond donors (Lipinski definition) is 2. The lowest BCUT2D eigenvalue weighted by atomic mass is 9.87. The van der Waals surface area contributed by atoms with Gasteiger partial charge in [0.05, 0.1) is 5.25 Å². The number of nitrogens with two attached hydrogens (primary N) is 1. The van der Waals surface area contributed by atoms with Crippen LogP contribution in [0.15, 0.2) is 0 Å². The molecule has 1 rings (SSSR count). The summed E-state index contributed by atoms with van der Waals surface area (Å²) < 4.78 is 24.4. The molecule has 0 spiro atoms. The molecule has 0 aromatic rings. The second-order valence-electron chi connectivity index (χ2n) is 5.65. The molecule has 1 aliphatic rings. The minimum Gasteiger partial charge on any atom is -0.353 e. The maximum Gasteiger partial charge on any atom is 0.235 e. The van der Waals surface area contributed by atoms with Crippen molar-refractivity contribution in [3.05, 3.63) is 0 Å². The van der Waals surface area contributed by atoms with Crippen molar-refractivity contribution in [3.8, 4) is 0 Å². The van der Waals surface area contributed by atoms with Crippen molar-refractivity contribution in [2.75, 3.05) is 5.75 Å². The van der Waals surface area contributed by atoms with Gasteiger partial charge < -0.3 is 11.1 Å². The fraction of sp³-hybridized carbons (Fsp3) is 0.917. The SMILES string of the molecule is CC1CCC(N)C(S(=O)(=O)CC(=O)NC(C)C)C1. The highest BCUT2D eigenvalue weighted by Gasteiger charge is 2.37. The molecule has 1 fully saturated rings. The third-order valence-electron chi connectivity index (χ3n) is 3.35. The lowest BCUT2D eigenvalue weighted by Crippen LogP contribution is -2.48. The Hall–Kier alpha value is -0.620. The highest BCUT2D eigenvalue weighted by atomic mass is 32.2. The van der Waals surface area contributed by atoms with Crippen molar-refractivity contribution in [2.45, 2.75) is 57.4 Å².